The molecule has 98 valence electrons. The lowest BCUT2D eigenvalue weighted by atomic mass is 9.56. The standard InChI is InChI=1S/C14H24Cl2Si/c1-10(2)11(3,4)14(17(15)16)9-8-13(10,7)12(14,5)6/h8-9,17H,1-7H3. The average Bonchev–Trinajstić information content (AvgIpc) is 2.38. The Morgan fingerprint density at radius 2 is 1.18 bits per heavy atom. The van der Waals surface area contributed by atoms with Gasteiger partial charge < -0.3 is 0 Å². The second-order valence-electron chi connectivity index (χ2n) is 7.58. The first-order valence-corrected chi connectivity index (χ1v) is 10.5. The summed E-state index contributed by atoms with van der Waals surface area (Å²) in [4.78, 5) is 0. The maximum absolute atomic E-state index is 6.58. The van der Waals surface area contributed by atoms with Crippen LogP contribution in [0.25, 0.3) is 0 Å². The lowest BCUT2D eigenvalue weighted by Crippen LogP contribution is -2.45. The van der Waals surface area contributed by atoms with Crippen molar-refractivity contribution in [2.45, 2.75) is 53.5 Å². The lowest BCUT2D eigenvalue weighted by molar-refractivity contribution is 0.0372. The molecule has 0 radical (unpaired) electrons. The molecular formula is C14H24Cl2Si. The lowest BCUT2D eigenvalue weighted by Gasteiger charge is -2.51. The monoisotopic (exact) mass is 290 g/mol. The maximum atomic E-state index is 6.58. The van der Waals surface area contributed by atoms with Gasteiger partial charge in [-0.25, -0.2) is 0 Å². The van der Waals surface area contributed by atoms with Crippen molar-refractivity contribution in [3.8, 4) is 0 Å². The van der Waals surface area contributed by atoms with Crippen LogP contribution in [0.1, 0.15) is 48.5 Å². The molecule has 0 heterocycles. The van der Waals surface area contributed by atoms with E-state index in [2.05, 4.69) is 60.6 Å². The van der Waals surface area contributed by atoms with Crippen molar-refractivity contribution in [1.82, 2.24) is 0 Å². The number of rotatable bonds is 1. The predicted molar refractivity (Wildman–Crippen MR) is 80.1 cm³/mol. The minimum Gasteiger partial charge on any atom is -0.149 e. The normalized spacial score (nSPS) is 44.6. The summed E-state index contributed by atoms with van der Waals surface area (Å²) in [5, 5.41) is -0.0125. The van der Waals surface area contributed by atoms with E-state index in [0.717, 1.165) is 0 Å². The van der Waals surface area contributed by atoms with Crippen LogP contribution < -0.4 is 0 Å². The summed E-state index contributed by atoms with van der Waals surface area (Å²) in [5.74, 6) is 0. The molecule has 0 aliphatic heterocycles. The van der Waals surface area contributed by atoms with Crippen molar-refractivity contribution in [2.75, 3.05) is 0 Å². The topological polar surface area (TPSA) is 0 Å². The van der Waals surface area contributed by atoms with Gasteiger partial charge in [-0.2, -0.15) is 0 Å². The predicted octanol–water partition coefficient (Wildman–Crippen LogP) is 5.09. The molecule has 0 aromatic heterocycles. The summed E-state index contributed by atoms with van der Waals surface area (Å²) < 4.78 is 0. The summed E-state index contributed by atoms with van der Waals surface area (Å²) in [6.07, 6.45) is 4.75. The summed E-state index contributed by atoms with van der Waals surface area (Å²) in [6, 6.07) is 0. The van der Waals surface area contributed by atoms with Crippen LogP contribution in [-0.2, 0) is 0 Å². The Balaban J connectivity index is 2.82. The highest BCUT2D eigenvalue weighted by Gasteiger charge is 2.79. The fourth-order valence-corrected chi connectivity index (χ4v) is 10.6. The average molecular weight is 291 g/mol. The second kappa shape index (κ2) is 3.16. The van der Waals surface area contributed by atoms with Crippen molar-refractivity contribution >= 4 is 29.6 Å². The van der Waals surface area contributed by atoms with Crippen LogP contribution in [0.15, 0.2) is 12.2 Å². The van der Waals surface area contributed by atoms with Crippen molar-refractivity contribution in [1.29, 1.82) is 0 Å². The molecule has 2 bridgehead atoms. The third-order valence-corrected chi connectivity index (χ3v) is 11.6. The van der Waals surface area contributed by atoms with Crippen LogP contribution in [0, 0.1) is 21.7 Å². The molecule has 0 N–H and O–H groups in total. The Kier molecular flexibility index (Phi) is 2.60. The van der Waals surface area contributed by atoms with Gasteiger partial charge in [0.1, 0.15) is 0 Å². The smallest absolute Gasteiger partial charge is 0.149 e. The highest BCUT2D eigenvalue weighted by atomic mass is 35.7. The molecule has 1 fully saturated rings. The van der Waals surface area contributed by atoms with Crippen LogP contribution in [0.4, 0.5) is 0 Å². The summed E-state index contributed by atoms with van der Waals surface area (Å²) in [6.45, 7) is 16.6. The van der Waals surface area contributed by atoms with Gasteiger partial charge in [-0.15, -0.1) is 22.2 Å². The van der Waals surface area contributed by atoms with Gasteiger partial charge in [-0.05, 0) is 21.7 Å². The molecule has 17 heavy (non-hydrogen) atoms. The molecule has 2 aliphatic rings. The third-order valence-electron chi connectivity index (χ3n) is 7.25. The van der Waals surface area contributed by atoms with E-state index in [1.165, 1.54) is 0 Å². The number of fused-ring (bicyclic) bond motifs is 2. The molecule has 2 atom stereocenters. The minimum atomic E-state index is -1.84. The molecule has 3 heteroatoms. The Morgan fingerprint density at radius 3 is 1.41 bits per heavy atom. The van der Waals surface area contributed by atoms with E-state index in [1.807, 2.05) is 0 Å². The molecule has 0 amide bonds. The van der Waals surface area contributed by atoms with E-state index in [4.69, 9.17) is 22.2 Å². The second-order valence-corrected chi connectivity index (χ2v) is 12.4. The van der Waals surface area contributed by atoms with Crippen molar-refractivity contribution in [2.24, 2.45) is 21.7 Å². The van der Waals surface area contributed by atoms with Crippen molar-refractivity contribution in [3.05, 3.63) is 12.2 Å². The molecular weight excluding hydrogens is 267 g/mol. The van der Waals surface area contributed by atoms with Gasteiger partial charge in [0.25, 0.3) is 0 Å². The molecule has 0 aromatic carbocycles. The van der Waals surface area contributed by atoms with Crippen LogP contribution in [-0.4, -0.2) is 7.42 Å². The van der Waals surface area contributed by atoms with Crippen LogP contribution in [0.2, 0.25) is 5.04 Å². The van der Waals surface area contributed by atoms with E-state index in [1.54, 1.807) is 0 Å². The zero-order valence-corrected chi connectivity index (χ0v) is 14.7. The maximum Gasteiger partial charge on any atom is 0.247 e. The Morgan fingerprint density at radius 1 is 0.706 bits per heavy atom. The highest BCUT2D eigenvalue weighted by Crippen LogP contribution is 2.87. The Hall–Kier alpha value is 0.537. The summed E-state index contributed by atoms with van der Waals surface area (Å²) in [7, 11) is -1.84. The summed E-state index contributed by atoms with van der Waals surface area (Å²) >= 11 is 13.2. The molecule has 2 aliphatic carbocycles. The molecule has 0 aromatic rings. The van der Waals surface area contributed by atoms with Crippen molar-refractivity contribution in [3.63, 3.8) is 0 Å². The first-order chi connectivity index (χ1) is 7.40. The number of hydrogen-bond acceptors (Lipinski definition) is 0. The Bertz CT molecular complexity index is 395. The van der Waals surface area contributed by atoms with E-state index < -0.39 is 7.42 Å². The molecule has 2 unspecified atom stereocenters. The fourth-order valence-electron chi connectivity index (χ4n) is 4.91. The first-order valence-electron chi connectivity index (χ1n) is 6.39. The largest absolute Gasteiger partial charge is 0.247 e. The summed E-state index contributed by atoms with van der Waals surface area (Å²) in [5.41, 5.74) is 0.632. The van der Waals surface area contributed by atoms with Gasteiger partial charge in [0.2, 0.25) is 7.42 Å². The number of hydrogen-bond donors (Lipinski definition) is 0. The van der Waals surface area contributed by atoms with Crippen LogP contribution in [0.5, 0.6) is 0 Å². The Labute approximate surface area is 117 Å². The number of allylic oxidation sites excluding steroid dienone is 2. The SMILES string of the molecule is CC1(C)C(C)(C)C2([SiH](Cl)Cl)C=CC1(C)C2(C)C. The van der Waals surface area contributed by atoms with Gasteiger partial charge in [-0.1, -0.05) is 60.6 Å². The highest BCUT2D eigenvalue weighted by molar-refractivity contribution is 7.35. The fraction of sp³-hybridized carbons (Fsp3) is 0.857. The quantitative estimate of drug-likeness (QED) is 0.358. The van der Waals surface area contributed by atoms with Crippen molar-refractivity contribution < 1.29 is 0 Å². The zero-order chi connectivity index (χ0) is 13.5. The van der Waals surface area contributed by atoms with E-state index in [0.29, 0.717) is 0 Å². The van der Waals surface area contributed by atoms with Gasteiger partial charge in [0.05, 0.1) is 0 Å². The van der Waals surface area contributed by atoms with E-state index in [-0.39, 0.29) is 26.7 Å². The molecule has 0 spiro atoms. The molecule has 1 saturated carbocycles. The van der Waals surface area contributed by atoms with Gasteiger partial charge >= 0.3 is 0 Å². The third kappa shape index (κ3) is 1.02. The minimum absolute atomic E-state index is 0.0125. The zero-order valence-electron chi connectivity index (χ0n) is 12.0. The van der Waals surface area contributed by atoms with Crippen LogP contribution in [0.3, 0.4) is 0 Å². The molecule has 0 saturated heterocycles. The number of halogens is 2. The molecule has 0 nitrogen and oxygen atoms in total. The van der Waals surface area contributed by atoms with Crippen LogP contribution >= 0.6 is 22.2 Å². The first kappa shape index (κ1) is 14.0. The van der Waals surface area contributed by atoms with E-state index >= 15 is 0 Å². The van der Waals surface area contributed by atoms with Gasteiger partial charge in [0.15, 0.2) is 0 Å². The van der Waals surface area contributed by atoms with E-state index in [9.17, 15) is 0 Å². The van der Waals surface area contributed by atoms with Gasteiger partial charge in [0, 0.05) is 5.04 Å². The van der Waals surface area contributed by atoms with Gasteiger partial charge in [-0.3, -0.25) is 0 Å². The molecule has 2 rings (SSSR count).